The van der Waals surface area contributed by atoms with Gasteiger partial charge in [-0.2, -0.15) is 0 Å². The molecule has 1 aliphatic rings. The van der Waals surface area contributed by atoms with Gasteiger partial charge in [-0.05, 0) is 13.8 Å². The van der Waals surface area contributed by atoms with E-state index in [2.05, 4.69) is 14.9 Å². The van der Waals surface area contributed by atoms with E-state index in [0.29, 0.717) is 31.3 Å². The number of anilines is 2. The predicted octanol–water partition coefficient (Wildman–Crippen LogP) is 0.181. The first-order valence-electron chi connectivity index (χ1n) is 6.59. The number of rotatable bonds is 4. The topological polar surface area (TPSA) is 93.7 Å². The van der Waals surface area contributed by atoms with E-state index in [-0.39, 0.29) is 18.3 Å². The molecule has 0 bridgehead atoms. The van der Waals surface area contributed by atoms with E-state index in [1.54, 1.807) is 13.2 Å². The number of aromatic nitrogens is 2. The summed E-state index contributed by atoms with van der Waals surface area (Å²) in [4.78, 5) is 10.6. The van der Waals surface area contributed by atoms with Crippen LogP contribution in [0.4, 0.5) is 11.6 Å². The van der Waals surface area contributed by atoms with Crippen molar-refractivity contribution in [2.24, 2.45) is 0 Å². The van der Waals surface area contributed by atoms with Gasteiger partial charge in [0.1, 0.15) is 18.2 Å². The van der Waals surface area contributed by atoms with Gasteiger partial charge >= 0.3 is 0 Å². The molecule has 0 aliphatic carbocycles. The quantitative estimate of drug-likeness (QED) is 0.813. The number of aliphatic hydroxyl groups excluding tert-OH is 1. The summed E-state index contributed by atoms with van der Waals surface area (Å²) in [5, 5.41) is 9.35. The van der Waals surface area contributed by atoms with E-state index in [9.17, 15) is 5.11 Å². The molecule has 20 heavy (non-hydrogen) atoms. The van der Waals surface area contributed by atoms with Crippen molar-refractivity contribution in [2.45, 2.75) is 32.2 Å². The Bertz CT molecular complexity index is 467. The summed E-state index contributed by atoms with van der Waals surface area (Å²) in [7, 11) is 1.59. The van der Waals surface area contributed by atoms with Crippen LogP contribution in [0.5, 0.6) is 0 Å². The van der Waals surface area contributed by atoms with Gasteiger partial charge in [0.05, 0.1) is 18.3 Å². The van der Waals surface area contributed by atoms with E-state index in [4.69, 9.17) is 15.2 Å². The number of hydrogen-bond donors (Lipinski definition) is 2. The molecule has 0 amide bonds. The van der Waals surface area contributed by atoms with E-state index in [0.717, 1.165) is 5.82 Å². The molecule has 1 aliphatic heterocycles. The van der Waals surface area contributed by atoms with Gasteiger partial charge in [-0.15, -0.1) is 0 Å². The standard InChI is InChI=1S/C13H22N4O3/c1-13(2)8-17(5-9(6-18)20-13)12-4-10(14)15-11(16-12)7-19-3/h4,9,18H,5-8H2,1-3H3,(H2,14,15,16). The molecule has 1 aromatic rings. The second-order valence-electron chi connectivity index (χ2n) is 5.56. The lowest BCUT2D eigenvalue weighted by atomic mass is 10.1. The number of aliphatic hydroxyl groups is 1. The Morgan fingerprint density at radius 1 is 1.55 bits per heavy atom. The first kappa shape index (κ1) is 15.0. The molecule has 0 spiro atoms. The van der Waals surface area contributed by atoms with Crippen molar-refractivity contribution >= 4 is 11.6 Å². The molecule has 3 N–H and O–H groups in total. The van der Waals surface area contributed by atoms with Crippen molar-refractivity contribution in [2.75, 3.05) is 37.4 Å². The van der Waals surface area contributed by atoms with Crippen LogP contribution < -0.4 is 10.6 Å². The summed E-state index contributed by atoms with van der Waals surface area (Å²) in [5.74, 6) is 1.69. The zero-order valence-corrected chi connectivity index (χ0v) is 12.2. The molecule has 1 atom stereocenters. The molecule has 0 saturated carbocycles. The molecule has 2 heterocycles. The van der Waals surface area contributed by atoms with Gasteiger partial charge in [0.2, 0.25) is 0 Å². The molecule has 7 nitrogen and oxygen atoms in total. The minimum absolute atomic E-state index is 0.0224. The van der Waals surface area contributed by atoms with E-state index < -0.39 is 0 Å². The fourth-order valence-corrected chi connectivity index (χ4v) is 2.42. The van der Waals surface area contributed by atoms with Crippen molar-refractivity contribution in [1.29, 1.82) is 0 Å². The molecule has 112 valence electrons. The highest BCUT2D eigenvalue weighted by Crippen LogP contribution is 2.25. The zero-order valence-electron chi connectivity index (χ0n) is 12.2. The molecule has 1 saturated heterocycles. The maximum Gasteiger partial charge on any atom is 0.158 e. The first-order chi connectivity index (χ1) is 9.43. The molecule has 1 fully saturated rings. The summed E-state index contributed by atoms with van der Waals surface area (Å²) in [6.45, 7) is 5.51. The molecule has 2 rings (SSSR count). The summed E-state index contributed by atoms with van der Waals surface area (Å²) in [6.07, 6.45) is -0.235. The number of nitrogen functional groups attached to an aromatic ring is 1. The van der Waals surface area contributed by atoms with Gasteiger partial charge in [0, 0.05) is 26.3 Å². The van der Waals surface area contributed by atoms with Crippen molar-refractivity contribution in [1.82, 2.24) is 9.97 Å². The average Bonchev–Trinajstić information content (AvgIpc) is 2.36. The van der Waals surface area contributed by atoms with Crippen LogP contribution in [-0.2, 0) is 16.1 Å². The third kappa shape index (κ3) is 3.56. The normalized spacial score (nSPS) is 22.0. The maximum atomic E-state index is 9.35. The van der Waals surface area contributed by atoms with Crippen LogP contribution in [0.3, 0.4) is 0 Å². The minimum Gasteiger partial charge on any atom is -0.394 e. The fourth-order valence-electron chi connectivity index (χ4n) is 2.42. The highest BCUT2D eigenvalue weighted by Gasteiger charge is 2.33. The maximum absolute atomic E-state index is 9.35. The summed E-state index contributed by atoms with van der Waals surface area (Å²) >= 11 is 0. The number of nitrogens with zero attached hydrogens (tertiary/aromatic N) is 3. The van der Waals surface area contributed by atoms with Gasteiger partial charge in [0.25, 0.3) is 0 Å². The molecular formula is C13H22N4O3. The Morgan fingerprint density at radius 2 is 2.30 bits per heavy atom. The number of morpholine rings is 1. The molecule has 0 radical (unpaired) electrons. The van der Waals surface area contributed by atoms with Crippen LogP contribution in [0.2, 0.25) is 0 Å². The number of nitrogens with two attached hydrogens (primary N) is 1. The monoisotopic (exact) mass is 282 g/mol. The van der Waals surface area contributed by atoms with Crippen LogP contribution in [0.1, 0.15) is 19.7 Å². The third-order valence-electron chi connectivity index (χ3n) is 3.06. The highest BCUT2D eigenvalue weighted by molar-refractivity contribution is 5.47. The van der Waals surface area contributed by atoms with E-state index in [1.165, 1.54) is 0 Å². The predicted molar refractivity (Wildman–Crippen MR) is 75.4 cm³/mol. The smallest absolute Gasteiger partial charge is 0.158 e. The lowest BCUT2D eigenvalue weighted by Gasteiger charge is -2.42. The van der Waals surface area contributed by atoms with Crippen LogP contribution in [-0.4, -0.2) is 53.6 Å². The Hall–Kier alpha value is -1.44. The van der Waals surface area contributed by atoms with Crippen LogP contribution in [0.15, 0.2) is 6.07 Å². The van der Waals surface area contributed by atoms with Crippen molar-refractivity contribution < 1.29 is 14.6 Å². The number of methoxy groups -OCH3 is 1. The van der Waals surface area contributed by atoms with Crippen molar-refractivity contribution in [3.63, 3.8) is 0 Å². The Labute approximate surface area is 118 Å². The first-order valence-corrected chi connectivity index (χ1v) is 6.59. The highest BCUT2D eigenvalue weighted by atomic mass is 16.5. The number of ether oxygens (including phenoxy) is 2. The second-order valence-corrected chi connectivity index (χ2v) is 5.56. The average molecular weight is 282 g/mol. The Kier molecular flexibility index (Phi) is 4.42. The summed E-state index contributed by atoms with van der Waals surface area (Å²) < 4.78 is 10.8. The lowest BCUT2D eigenvalue weighted by Crippen LogP contribution is -2.54. The van der Waals surface area contributed by atoms with Gasteiger partial charge in [0.15, 0.2) is 5.82 Å². The van der Waals surface area contributed by atoms with Crippen LogP contribution in [0, 0.1) is 0 Å². The Balaban J connectivity index is 2.25. The van der Waals surface area contributed by atoms with E-state index >= 15 is 0 Å². The van der Waals surface area contributed by atoms with Crippen molar-refractivity contribution in [3.05, 3.63) is 11.9 Å². The molecule has 1 unspecified atom stereocenters. The fraction of sp³-hybridized carbons (Fsp3) is 0.692. The van der Waals surface area contributed by atoms with Gasteiger partial charge < -0.3 is 25.2 Å². The van der Waals surface area contributed by atoms with Crippen LogP contribution >= 0.6 is 0 Å². The van der Waals surface area contributed by atoms with Crippen molar-refractivity contribution in [3.8, 4) is 0 Å². The third-order valence-corrected chi connectivity index (χ3v) is 3.06. The zero-order chi connectivity index (χ0) is 14.8. The molecule has 1 aromatic heterocycles. The number of hydrogen-bond acceptors (Lipinski definition) is 7. The van der Waals surface area contributed by atoms with Gasteiger partial charge in [-0.25, -0.2) is 9.97 Å². The van der Waals surface area contributed by atoms with Crippen LogP contribution in [0.25, 0.3) is 0 Å². The summed E-state index contributed by atoms with van der Waals surface area (Å²) in [5.41, 5.74) is 5.46. The van der Waals surface area contributed by atoms with E-state index in [1.807, 2.05) is 13.8 Å². The SMILES string of the molecule is COCc1nc(N)cc(N2CC(CO)OC(C)(C)C2)n1. The molecule has 0 aromatic carbocycles. The van der Waals surface area contributed by atoms with Gasteiger partial charge in [-0.3, -0.25) is 0 Å². The molecular weight excluding hydrogens is 260 g/mol. The van der Waals surface area contributed by atoms with Gasteiger partial charge in [-0.1, -0.05) is 0 Å². The Morgan fingerprint density at radius 3 is 2.95 bits per heavy atom. The lowest BCUT2D eigenvalue weighted by molar-refractivity contribution is -0.101. The second kappa shape index (κ2) is 5.90. The summed E-state index contributed by atoms with van der Waals surface area (Å²) in [6, 6.07) is 1.73. The minimum atomic E-state index is -0.354. The largest absolute Gasteiger partial charge is 0.394 e. The molecule has 7 heteroatoms.